The summed E-state index contributed by atoms with van der Waals surface area (Å²) in [5.74, 6) is 0.0907. The third-order valence-electron chi connectivity index (χ3n) is 3.66. The molecule has 142 valence electrons. The van der Waals surface area contributed by atoms with E-state index in [-0.39, 0.29) is 59.4 Å². The van der Waals surface area contributed by atoms with Crippen molar-refractivity contribution >= 4 is 15.9 Å². The number of rotatable bonds is 7. The molecule has 2 aromatic rings. The Morgan fingerprint density at radius 1 is 0.852 bits per heavy atom. The van der Waals surface area contributed by atoms with Crippen molar-refractivity contribution in [3.63, 3.8) is 0 Å². The molecule has 27 heavy (non-hydrogen) atoms. The summed E-state index contributed by atoms with van der Waals surface area (Å²) < 4.78 is 53.1. The van der Waals surface area contributed by atoms with Crippen LogP contribution in [0.2, 0.25) is 0 Å². The number of carbonyl (C=O) groups is 1. The van der Waals surface area contributed by atoms with Gasteiger partial charge in [-0.25, -0.2) is 0 Å². The predicted octanol–water partition coefficient (Wildman–Crippen LogP) is -0.685. The molecule has 0 bridgehead atoms. The molecule has 10 heteroatoms. The first-order chi connectivity index (χ1) is 12.3. The molecule has 0 radical (unpaired) electrons. The first kappa shape index (κ1) is 23.3. The summed E-state index contributed by atoms with van der Waals surface area (Å²) in [5, 5.41) is 0. The van der Waals surface area contributed by atoms with E-state index < -0.39 is 20.8 Å². The Morgan fingerprint density at radius 3 is 1.89 bits per heavy atom. The van der Waals surface area contributed by atoms with E-state index in [0.717, 1.165) is 6.07 Å². The molecule has 0 aliphatic carbocycles. The van der Waals surface area contributed by atoms with Crippen molar-refractivity contribution in [3.8, 4) is 23.0 Å². The molecule has 0 spiro atoms. The van der Waals surface area contributed by atoms with Gasteiger partial charge in [0.15, 0.2) is 0 Å². The zero-order valence-electron chi connectivity index (χ0n) is 16.6. The molecule has 0 amide bonds. The summed E-state index contributed by atoms with van der Waals surface area (Å²) in [4.78, 5) is 12.4. The van der Waals surface area contributed by atoms with Crippen LogP contribution in [0.25, 0.3) is 0 Å². The second kappa shape index (κ2) is 9.43. The Morgan fingerprint density at radius 2 is 1.41 bits per heavy atom. The average molecular weight is 406 g/mol. The minimum atomic E-state index is -4.62. The Labute approximate surface area is 180 Å². The van der Waals surface area contributed by atoms with Gasteiger partial charge in [0.05, 0.1) is 39.6 Å². The molecule has 0 aliphatic rings. The minimum Gasteiger partial charge on any atom is -1.00 e. The van der Waals surface area contributed by atoms with Crippen LogP contribution >= 0.6 is 0 Å². The number of hydrogen-bond acceptors (Lipinski definition) is 7. The van der Waals surface area contributed by atoms with Gasteiger partial charge >= 0.3 is 29.6 Å². The summed E-state index contributed by atoms with van der Waals surface area (Å²) >= 11 is 0. The van der Waals surface area contributed by atoms with Gasteiger partial charge in [0, 0.05) is 12.1 Å². The van der Waals surface area contributed by atoms with E-state index in [2.05, 4.69) is 0 Å². The average Bonchev–Trinajstić information content (AvgIpc) is 2.64. The molecule has 0 heterocycles. The zero-order chi connectivity index (χ0) is 19.5. The molecule has 0 atom stereocenters. The standard InChI is InChI=1S/C17H18O8S.Na.H/c1-22-10-5-6-11(13(7-10)23-2)17(18)12-8-16(26(19,20)21)15(25-4)9-14(12)24-3;;/h5-9H,1-4H3,(H,19,20,21);;/q;+1;-1. The first-order valence-corrected chi connectivity index (χ1v) is 8.71. The van der Waals surface area contributed by atoms with Crippen LogP contribution < -0.4 is 48.5 Å². The first-order valence-electron chi connectivity index (χ1n) is 7.27. The normalized spacial score (nSPS) is 10.6. The van der Waals surface area contributed by atoms with E-state index in [4.69, 9.17) is 18.9 Å². The topological polar surface area (TPSA) is 108 Å². The zero-order valence-corrected chi connectivity index (χ0v) is 18.4. The van der Waals surface area contributed by atoms with Gasteiger partial charge in [-0.05, 0) is 18.2 Å². The van der Waals surface area contributed by atoms with Crippen LogP contribution in [0.15, 0.2) is 35.2 Å². The predicted molar refractivity (Wildman–Crippen MR) is 93.5 cm³/mol. The molecule has 0 unspecified atom stereocenters. The van der Waals surface area contributed by atoms with Crippen molar-refractivity contribution < 1.29 is 67.7 Å². The summed E-state index contributed by atoms with van der Waals surface area (Å²) in [5.41, 5.74) is 0.0856. The number of carbonyl (C=O) groups excluding carboxylic acids is 1. The Kier molecular flexibility index (Phi) is 8.12. The van der Waals surface area contributed by atoms with E-state index in [0.29, 0.717) is 5.75 Å². The number of methoxy groups -OCH3 is 4. The van der Waals surface area contributed by atoms with Crippen molar-refractivity contribution in [2.24, 2.45) is 0 Å². The molecule has 0 fully saturated rings. The van der Waals surface area contributed by atoms with Crippen LogP contribution in [-0.4, -0.2) is 47.2 Å². The number of benzene rings is 2. The van der Waals surface area contributed by atoms with E-state index in [1.54, 1.807) is 6.07 Å². The van der Waals surface area contributed by atoms with Crippen LogP contribution in [0.4, 0.5) is 0 Å². The number of hydrogen-bond donors (Lipinski definition) is 1. The fourth-order valence-electron chi connectivity index (χ4n) is 2.38. The maximum atomic E-state index is 13.0. The number of ether oxygens (including phenoxy) is 4. The van der Waals surface area contributed by atoms with Crippen LogP contribution in [-0.2, 0) is 10.1 Å². The van der Waals surface area contributed by atoms with Gasteiger partial charge in [-0.3, -0.25) is 9.35 Å². The quantitative estimate of drug-likeness (QED) is 0.366. The molecular formula is C17H19NaO8S. The monoisotopic (exact) mass is 406 g/mol. The molecule has 2 aromatic carbocycles. The van der Waals surface area contributed by atoms with Crippen LogP contribution in [0, 0.1) is 0 Å². The van der Waals surface area contributed by atoms with E-state index in [1.807, 2.05) is 0 Å². The fraction of sp³-hybridized carbons (Fsp3) is 0.235. The van der Waals surface area contributed by atoms with Gasteiger partial charge in [0.1, 0.15) is 27.9 Å². The van der Waals surface area contributed by atoms with E-state index in [9.17, 15) is 17.8 Å². The molecule has 8 nitrogen and oxygen atoms in total. The largest absolute Gasteiger partial charge is 1.00 e. The molecule has 0 aliphatic heterocycles. The summed E-state index contributed by atoms with van der Waals surface area (Å²) in [6.45, 7) is 0. The molecular weight excluding hydrogens is 387 g/mol. The second-order valence-electron chi connectivity index (χ2n) is 5.07. The van der Waals surface area contributed by atoms with Crippen molar-refractivity contribution in [3.05, 3.63) is 41.5 Å². The molecule has 2 rings (SSSR count). The Hall–Kier alpha value is -1.78. The smallest absolute Gasteiger partial charge is 1.00 e. The maximum absolute atomic E-state index is 13.0. The maximum Gasteiger partial charge on any atom is 1.00 e. The van der Waals surface area contributed by atoms with Gasteiger partial charge in [-0.15, -0.1) is 0 Å². The molecule has 0 saturated carbocycles. The molecule has 1 N–H and O–H groups in total. The number of ketones is 1. The van der Waals surface area contributed by atoms with Crippen LogP contribution in [0.3, 0.4) is 0 Å². The van der Waals surface area contributed by atoms with E-state index in [1.165, 1.54) is 46.6 Å². The van der Waals surface area contributed by atoms with Gasteiger partial charge in [0.2, 0.25) is 5.78 Å². The fourth-order valence-corrected chi connectivity index (χ4v) is 3.04. The van der Waals surface area contributed by atoms with Crippen LogP contribution in [0.1, 0.15) is 17.3 Å². The summed E-state index contributed by atoms with van der Waals surface area (Å²) in [6.07, 6.45) is 0. The van der Waals surface area contributed by atoms with Gasteiger partial charge < -0.3 is 20.4 Å². The minimum absolute atomic E-state index is 0. The van der Waals surface area contributed by atoms with Crippen molar-refractivity contribution in [1.82, 2.24) is 0 Å². The van der Waals surface area contributed by atoms with Crippen molar-refractivity contribution in [2.45, 2.75) is 4.90 Å². The molecule has 0 saturated heterocycles. The van der Waals surface area contributed by atoms with Gasteiger partial charge in [0.25, 0.3) is 10.1 Å². The SMILES string of the molecule is COc1ccc(C(=O)c2cc(S(=O)(=O)O)c(OC)cc2OC)c(OC)c1.[H-].[Na+]. The van der Waals surface area contributed by atoms with Gasteiger partial charge in [-0.2, -0.15) is 8.42 Å². The van der Waals surface area contributed by atoms with Crippen molar-refractivity contribution in [2.75, 3.05) is 28.4 Å². The van der Waals surface area contributed by atoms with Crippen LogP contribution in [0.5, 0.6) is 23.0 Å². The third-order valence-corrected chi connectivity index (χ3v) is 4.54. The summed E-state index contributed by atoms with van der Waals surface area (Å²) in [7, 11) is 0.800. The second-order valence-corrected chi connectivity index (χ2v) is 6.46. The van der Waals surface area contributed by atoms with Crippen molar-refractivity contribution in [1.29, 1.82) is 0 Å². The van der Waals surface area contributed by atoms with E-state index >= 15 is 0 Å². The Bertz CT molecular complexity index is 946. The summed E-state index contributed by atoms with van der Waals surface area (Å²) in [6, 6.07) is 6.78. The third kappa shape index (κ3) is 4.94. The van der Waals surface area contributed by atoms with Gasteiger partial charge in [-0.1, -0.05) is 0 Å². The Balaban J connectivity index is 0.00000364. The molecule has 0 aromatic heterocycles.